The molecule has 1 atom stereocenters. The molecule has 2 aromatic carbocycles. The number of likely N-dealkylation sites (tertiary alicyclic amines) is 1. The summed E-state index contributed by atoms with van der Waals surface area (Å²) in [7, 11) is 0. The first-order valence-corrected chi connectivity index (χ1v) is 10.7. The number of primary amides is 1. The number of rotatable bonds is 5. The summed E-state index contributed by atoms with van der Waals surface area (Å²) >= 11 is 0. The fraction of sp³-hybridized carbons (Fsp3) is 0.269. The number of pyridine rings is 1. The molecular weight excluding hydrogens is 405 g/mol. The summed E-state index contributed by atoms with van der Waals surface area (Å²) in [6.07, 6.45) is 3.43. The van der Waals surface area contributed by atoms with E-state index in [1.165, 1.54) is 6.07 Å². The van der Waals surface area contributed by atoms with Gasteiger partial charge in [-0.05, 0) is 56.5 Å². The van der Waals surface area contributed by atoms with E-state index >= 15 is 0 Å². The predicted octanol–water partition coefficient (Wildman–Crippen LogP) is 4.63. The predicted molar refractivity (Wildman–Crippen MR) is 121 cm³/mol. The van der Waals surface area contributed by atoms with Gasteiger partial charge in [-0.3, -0.25) is 14.6 Å². The van der Waals surface area contributed by atoms with E-state index in [1.54, 1.807) is 56.4 Å². The van der Waals surface area contributed by atoms with Gasteiger partial charge in [-0.2, -0.15) is 0 Å². The number of nitrogens with two attached hydrogens (primary N) is 1. The molecule has 4 rings (SSSR count). The maximum atomic E-state index is 14.4. The molecule has 1 aliphatic heterocycles. The summed E-state index contributed by atoms with van der Waals surface area (Å²) in [5.74, 6) is -0.957. The first kappa shape index (κ1) is 21.7. The minimum Gasteiger partial charge on any atom is -0.366 e. The van der Waals surface area contributed by atoms with Crippen LogP contribution in [0.15, 0.2) is 66.9 Å². The molecule has 5 nitrogen and oxygen atoms in total. The summed E-state index contributed by atoms with van der Waals surface area (Å²) in [6, 6.07) is 17.2. The van der Waals surface area contributed by atoms with Crippen molar-refractivity contribution in [3.8, 4) is 11.1 Å². The summed E-state index contributed by atoms with van der Waals surface area (Å²) in [5.41, 5.74) is 7.74. The Bertz CT molecular complexity index is 1160. The van der Waals surface area contributed by atoms with Crippen LogP contribution in [0.5, 0.6) is 0 Å². The molecule has 2 heterocycles. The zero-order chi connectivity index (χ0) is 22.9. The van der Waals surface area contributed by atoms with E-state index in [-0.39, 0.29) is 17.8 Å². The van der Waals surface area contributed by atoms with Crippen molar-refractivity contribution >= 4 is 11.8 Å². The zero-order valence-electron chi connectivity index (χ0n) is 18.2. The molecule has 0 spiro atoms. The fourth-order valence-electron chi connectivity index (χ4n) is 4.38. The number of hydrogen-bond donors (Lipinski definition) is 1. The van der Waals surface area contributed by atoms with E-state index in [0.717, 1.165) is 29.7 Å². The lowest BCUT2D eigenvalue weighted by Crippen LogP contribution is -2.43. The maximum Gasteiger partial charge on any atom is 0.248 e. The highest BCUT2D eigenvalue weighted by atomic mass is 19.1. The van der Waals surface area contributed by atoms with E-state index in [1.807, 2.05) is 23.1 Å². The Balaban J connectivity index is 1.59. The topological polar surface area (TPSA) is 76.3 Å². The normalized spacial score (nSPS) is 16.2. The molecule has 6 heteroatoms. The number of amides is 2. The van der Waals surface area contributed by atoms with Crippen molar-refractivity contribution in [3.05, 3.63) is 89.5 Å². The molecule has 3 aromatic rings. The van der Waals surface area contributed by atoms with Crippen LogP contribution in [0.4, 0.5) is 4.39 Å². The second-order valence-electron chi connectivity index (χ2n) is 8.68. The molecule has 2 N–H and O–H groups in total. The van der Waals surface area contributed by atoms with Crippen molar-refractivity contribution < 1.29 is 14.0 Å². The second kappa shape index (κ2) is 8.54. The van der Waals surface area contributed by atoms with Crippen molar-refractivity contribution in [2.24, 2.45) is 5.73 Å². The van der Waals surface area contributed by atoms with Crippen molar-refractivity contribution in [2.75, 3.05) is 6.54 Å². The minimum atomic E-state index is -0.983. The third-order valence-electron chi connectivity index (χ3n) is 6.20. The Hall–Kier alpha value is -3.54. The lowest BCUT2D eigenvalue weighted by molar-refractivity contribution is -0.137. The summed E-state index contributed by atoms with van der Waals surface area (Å²) in [5, 5.41) is 0. The van der Waals surface area contributed by atoms with Gasteiger partial charge >= 0.3 is 0 Å². The highest BCUT2D eigenvalue weighted by Gasteiger charge is 2.41. The van der Waals surface area contributed by atoms with Crippen LogP contribution in [0.1, 0.15) is 54.3 Å². The molecule has 0 radical (unpaired) electrons. The number of nitrogens with zero attached hydrogens (tertiary/aromatic N) is 2. The smallest absolute Gasteiger partial charge is 0.248 e. The van der Waals surface area contributed by atoms with Crippen LogP contribution in [0.25, 0.3) is 11.1 Å². The highest BCUT2D eigenvalue weighted by molar-refractivity contribution is 5.94. The average Bonchev–Trinajstić information content (AvgIpc) is 3.28. The molecule has 0 saturated carbocycles. The lowest BCUT2D eigenvalue weighted by Gasteiger charge is -2.33. The Morgan fingerprint density at radius 2 is 1.84 bits per heavy atom. The van der Waals surface area contributed by atoms with Gasteiger partial charge < -0.3 is 10.6 Å². The molecule has 1 fully saturated rings. The number of aromatic nitrogens is 1. The van der Waals surface area contributed by atoms with Gasteiger partial charge in [0, 0.05) is 29.4 Å². The zero-order valence-corrected chi connectivity index (χ0v) is 18.2. The first-order valence-electron chi connectivity index (χ1n) is 10.7. The number of halogens is 1. The van der Waals surface area contributed by atoms with Gasteiger partial charge in [-0.1, -0.05) is 36.4 Å². The van der Waals surface area contributed by atoms with E-state index < -0.39 is 11.3 Å². The lowest BCUT2D eigenvalue weighted by atomic mass is 9.82. The monoisotopic (exact) mass is 431 g/mol. The summed E-state index contributed by atoms with van der Waals surface area (Å²) in [4.78, 5) is 31.4. The van der Waals surface area contributed by atoms with Crippen LogP contribution < -0.4 is 5.73 Å². The number of hydrogen-bond acceptors (Lipinski definition) is 3. The fourth-order valence-corrected chi connectivity index (χ4v) is 4.38. The molecular formula is C26H26FN3O2. The molecule has 1 aliphatic rings. The Kier molecular flexibility index (Phi) is 5.78. The van der Waals surface area contributed by atoms with Gasteiger partial charge in [0.2, 0.25) is 11.8 Å². The number of carbonyl (C=O) groups excluding carboxylic acids is 2. The van der Waals surface area contributed by atoms with Gasteiger partial charge in [0.15, 0.2) is 0 Å². The van der Waals surface area contributed by atoms with E-state index in [9.17, 15) is 14.0 Å². The molecule has 1 saturated heterocycles. The minimum absolute atomic E-state index is 0.106. The molecule has 2 amide bonds. The van der Waals surface area contributed by atoms with E-state index in [0.29, 0.717) is 17.7 Å². The van der Waals surface area contributed by atoms with Crippen molar-refractivity contribution in [2.45, 2.75) is 38.1 Å². The Labute approximate surface area is 187 Å². The second-order valence-corrected chi connectivity index (χ2v) is 8.68. The summed E-state index contributed by atoms with van der Waals surface area (Å²) < 4.78 is 14.4. The Morgan fingerprint density at radius 1 is 1.06 bits per heavy atom. The maximum absolute atomic E-state index is 14.4. The third-order valence-corrected chi connectivity index (χ3v) is 6.20. The van der Waals surface area contributed by atoms with Crippen LogP contribution in [0.2, 0.25) is 0 Å². The van der Waals surface area contributed by atoms with Crippen molar-refractivity contribution in [1.82, 2.24) is 9.88 Å². The number of benzene rings is 2. The highest BCUT2D eigenvalue weighted by Crippen LogP contribution is 2.37. The van der Waals surface area contributed by atoms with Crippen LogP contribution >= 0.6 is 0 Å². The van der Waals surface area contributed by atoms with E-state index in [4.69, 9.17) is 5.73 Å². The molecule has 164 valence electrons. The van der Waals surface area contributed by atoms with Gasteiger partial charge in [-0.15, -0.1) is 0 Å². The van der Waals surface area contributed by atoms with Crippen LogP contribution in [0, 0.1) is 5.82 Å². The number of carbonyl (C=O) groups is 2. The molecule has 0 bridgehead atoms. The van der Waals surface area contributed by atoms with Crippen LogP contribution in [0.3, 0.4) is 0 Å². The van der Waals surface area contributed by atoms with Crippen molar-refractivity contribution in [3.63, 3.8) is 0 Å². The quantitative estimate of drug-likeness (QED) is 0.640. The van der Waals surface area contributed by atoms with Crippen LogP contribution in [-0.2, 0) is 10.2 Å². The van der Waals surface area contributed by atoms with Gasteiger partial charge in [-0.25, -0.2) is 4.39 Å². The SMILES string of the molecule is CC(C)(C(=O)N1CCC[C@@H]1c1ccc(-c2cccc(C(N)=O)c2)cn1)c1ccccc1F. The van der Waals surface area contributed by atoms with E-state index in [2.05, 4.69) is 4.98 Å². The van der Waals surface area contributed by atoms with Gasteiger partial charge in [0.25, 0.3) is 0 Å². The molecule has 32 heavy (non-hydrogen) atoms. The van der Waals surface area contributed by atoms with Gasteiger partial charge in [0.1, 0.15) is 5.82 Å². The Morgan fingerprint density at radius 3 is 2.53 bits per heavy atom. The molecule has 0 aliphatic carbocycles. The molecule has 0 unspecified atom stereocenters. The summed E-state index contributed by atoms with van der Waals surface area (Å²) in [6.45, 7) is 4.15. The molecule has 1 aromatic heterocycles. The average molecular weight is 432 g/mol. The largest absolute Gasteiger partial charge is 0.366 e. The third kappa shape index (κ3) is 4.00. The standard InChI is InChI=1S/C26H26FN3O2/c1-26(2,20-9-3-4-10-21(20)27)25(32)30-14-6-11-23(30)22-13-12-19(16-29-22)17-7-5-8-18(15-17)24(28)31/h3-5,7-10,12-13,15-16,23H,6,11,14H2,1-2H3,(H2,28,31)/t23-/m1/s1. The first-order chi connectivity index (χ1) is 15.3. The van der Waals surface area contributed by atoms with Crippen LogP contribution in [-0.4, -0.2) is 28.2 Å². The van der Waals surface area contributed by atoms with Crippen molar-refractivity contribution in [1.29, 1.82) is 0 Å². The van der Waals surface area contributed by atoms with Gasteiger partial charge in [0.05, 0.1) is 17.2 Å².